The lowest BCUT2D eigenvalue weighted by Gasteiger charge is -2.34. The van der Waals surface area contributed by atoms with Crippen LogP contribution in [0, 0.1) is 11.3 Å². The molecule has 2 aliphatic rings. The molecule has 2 aliphatic heterocycles. The lowest BCUT2D eigenvalue weighted by Crippen LogP contribution is -2.45. The number of hydrogen-bond donors (Lipinski definition) is 0. The van der Waals surface area contributed by atoms with Crippen molar-refractivity contribution in [1.82, 2.24) is 14.7 Å². The summed E-state index contributed by atoms with van der Waals surface area (Å²) in [6.07, 6.45) is 0.547. The molecule has 1 aromatic heterocycles. The van der Waals surface area contributed by atoms with E-state index in [-0.39, 0.29) is 23.1 Å². The van der Waals surface area contributed by atoms with E-state index in [0.29, 0.717) is 13.0 Å². The Balaban J connectivity index is 1.81. The van der Waals surface area contributed by atoms with Crippen molar-refractivity contribution in [3.63, 3.8) is 0 Å². The number of likely N-dealkylation sites (tertiary alicyclic amines) is 1. The van der Waals surface area contributed by atoms with Gasteiger partial charge in [0.2, 0.25) is 11.8 Å². The molecule has 1 spiro atoms. The third-order valence-corrected chi connectivity index (χ3v) is 5.82. The number of hydrogen-bond acceptors (Lipinski definition) is 4. The molecule has 6 heteroatoms. The van der Waals surface area contributed by atoms with Crippen LogP contribution in [0.4, 0.5) is 0 Å². The summed E-state index contributed by atoms with van der Waals surface area (Å²) < 4.78 is 0. The second-order valence-electron chi connectivity index (χ2n) is 7.68. The molecule has 0 radical (unpaired) electrons. The van der Waals surface area contributed by atoms with E-state index < -0.39 is 0 Å². The van der Waals surface area contributed by atoms with Crippen molar-refractivity contribution in [2.45, 2.75) is 26.8 Å². The maximum absolute atomic E-state index is 12.6. The molecule has 5 nitrogen and oxygen atoms in total. The fourth-order valence-electron chi connectivity index (χ4n) is 3.99. The number of nitrogens with zero attached hydrogens (tertiary/aromatic N) is 3. The van der Waals surface area contributed by atoms with Gasteiger partial charge in [-0.2, -0.15) is 11.3 Å². The summed E-state index contributed by atoms with van der Waals surface area (Å²) in [4.78, 5) is 31.0. The minimum Gasteiger partial charge on any atom is -0.345 e. The molecule has 2 amide bonds. The van der Waals surface area contributed by atoms with Gasteiger partial charge in [-0.15, -0.1) is 0 Å². The molecular formula is C18H27N3O2S. The van der Waals surface area contributed by atoms with Crippen LogP contribution in [-0.2, 0) is 16.1 Å². The zero-order valence-electron chi connectivity index (χ0n) is 14.8. The van der Waals surface area contributed by atoms with E-state index in [4.69, 9.17) is 0 Å². The summed E-state index contributed by atoms with van der Waals surface area (Å²) in [5.41, 5.74) is 1.18. The van der Waals surface area contributed by atoms with Gasteiger partial charge in [0.05, 0.1) is 0 Å². The molecule has 0 saturated carbocycles. The monoisotopic (exact) mass is 349 g/mol. The fraction of sp³-hybridized carbons (Fsp3) is 0.667. The second-order valence-corrected chi connectivity index (χ2v) is 8.46. The highest BCUT2D eigenvalue weighted by Crippen LogP contribution is 2.35. The van der Waals surface area contributed by atoms with Gasteiger partial charge in [-0.3, -0.25) is 14.5 Å². The Kier molecular flexibility index (Phi) is 4.97. The second kappa shape index (κ2) is 6.84. The predicted octanol–water partition coefficient (Wildman–Crippen LogP) is 1.90. The molecule has 0 aromatic carbocycles. The summed E-state index contributed by atoms with van der Waals surface area (Å²) in [5, 5.41) is 4.28. The van der Waals surface area contributed by atoms with Gasteiger partial charge in [-0.05, 0) is 22.4 Å². The molecule has 0 aliphatic carbocycles. The Labute approximate surface area is 148 Å². The van der Waals surface area contributed by atoms with Crippen molar-refractivity contribution < 1.29 is 9.59 Å². The maximum atomic E-state index is 12.6. The first-order valence-electron chi connectivity index (χ1n) is 8.65. The number of thiophene rings is 1. The van der Waals surface area contributed by atoms with Crippen molar-refractivity contribution >= 4 is 23.2 Å². The minimum atomic E-state index is -0.136. The summed E-state index contributed by atoms with van der Waals surface area (Å²) >= 11 is 1.71. The first-order chi connectivity index (χ1) is 11.4. The van der Waals surface area contributed by atoms with Crippen molar-refractivity contribution in [1.29, 1.82) is 0 Å². The average molecular weight is 350 g/mol. The van der Waals surface area contributed by atoms with Crippen LogP contribution in [0.2, 0.25) is 0 Å². The molecule has 132 valence electrons. The molecule has 1 aromatic rings. The SMILES string of the molecule is CC(C)C(=O)N1CCN(Cc2ccsc2)C[C@@]2(CC(=O)N(C)C2)C1. The Morgan fingerprint density at radius 2 is 2.08 bits per heavy atom. The predicted molar refractivity (Wildman–Crippen MR) is 95.7 cm³/mol. The van der Waals surface area contributed by atoms with Gasteiger partial charge >= 0.3 is 0 Å². The first-order valence-corrected chi connectivity index (χ1v) is 9.59. The van der Waals surface area contributed by atoms with Gasteiger partial charge in [0.15, 0.2) is 0 Å². The number of carbonyl (C=O) groups excluding carboxylic acids is 2. The van der Waals surface area contributed by atoms with E-state index >= 15 is 0 Å². The summed E-state index contributed by atoms with van der Waals surface area (Å²) in [6.45, 7) is 8.74. The normalized spacial score (nSPS) is 25.8. The van der Waals surface area contributed by atoms with Crippen LogP contribution in [-0.4, -0.2) is 66.3 Å². The summed E-state index contributed by atoms with van der Waals surface area (Å²) in [5.74, 6) is 0.401. The zero-order chi connectivity index (χ0) is 17.3. The molecule has 1 atom stereocenters. The van der Waals surface area contributed by atoms with Gasteiger partial charge in [0.25, 0.3) is 0 Å². The van der Waals surface area contributed by atoms with Crippen LogP contribution in [0.15, 0.2) is 16.8 Å². The lowest BCUT2D eigenvalue weighted by atomic mass is 9.85. The quantitative estimate of drug-likeness (QED) is 0.837. The Morgan fingerprint density at radius 1 is 1.29 bits per heavy atom. The molecule has 2 saturated heterocycles. The largest absolute Gasteiger partial charge is 0.345 e. The Morgan fingerprint density at radius 3 is 2.67 bits per heavy atom. The molecule has 0 N–H and O–H groups in total. The van der Waals surface area contributed by atoms with E-state index in [9.17, 15) is 9.59 Å². The summed E-state index contributed by atoms with van der Waals surface area (Å²) in [7, 11) is 1.87. The Bertz CT molecular complexity index is 601. The molecular weight excluding hydrogens is 322 g/mol. The van der Waals surface area contributed by atoms with Crippen LogP contribution in [0.25, 0.3) is 0 Å². The standard InChI is InChI=1S/C18H27N3O2S/c1-14(2)17(23)21-6-5-20(9-15-4-7-24-10-15)12-18(13-21)8-16(22)19(3)11-18/h4,7,10,14H,5-6,8-9,11-13H2,1-3H3/t18-/m0/s1. The van der Waals surface area contributed by atoms with E-state index in [0.717, 1.165) is 32.7 Å². The maximum Gasteiger partial charge on any atom is 0.225 e. The van der Waals surface area contributed by atoms with Gasteiger partial charge in [0, 0.05) is 64.1 Å². The molecule has 24 heavy (non-hydrogen) atoms. The smallest absolute Gasteiger partial charge is 0.225 e. The average Bonchev–Trinajstić information content (AvgIpc) is 3.06. The molecule has 0 bridgehead atoms. The molecule has 2 fully saturated rings. The summed E-state index contributed by atoms with van der Waals surface area (Å²) in [6, 6.07) is 2.16. The highest BCUT2D eigenvalue weighted by Gasteiger charge is 2.46. The van der Waals surface area contributed by atoms with E-state index in [1.165, 1.54) is 5.56 Å². The third-order valence-electron chi connectivity index (χ3n) is 5.09. The lowest BCUT2D eigenvalue weighted by molar-refractivity contribution is -0.135. The van der Waals surface area contributed by atoms with Gasteiger partial charge < -0.3 is 9.80 Å². The molecule has 0 unspecified atom stereocenters. The first kappa shape index (κ1) is 17.4. The van der Waals surface area contributed by atoms with Gasteiger partial charge in [-0.1, -0.05) is 13.8 Å². The van der Waals surface area contributed by atoms with Crippen LogP contribution in [0.1, 0.15) is 25.8 Å². The number of carbonyl (C=O) groups is 2. The van der Waals surface area contributed by atoms with Crippen LogP contribution in [0.5, 0.6) is 0 Å². The van der Waals surface area contributed by atoms with E-state index in [2.05, 4.69) is 21.7 Å². The van der Waals surface area contributed by atoms with Crippen molar-refractivity contribution in [3.05, 3.63) is 22.4 Å². The van der Waals surface area contributed by atoms with E-state index in [1.807, 2.05) is 30.7 Å². The van der Waals surface area contributed by atoms with Crippen LogP contribution in [0.3, 0.4) is 0 Å². The number of rotatable bonds is 3. The third kappa shape index (κ3) is 3.64. The fourth-order valence-corrected chi connectivity index (χ4v) is 4.65. The van der Waals surface area contributed by atoms with E-state index in [1.54, 1.807) is 11.3 Å². The minimum absolute atomic E-state index is 0.000285. The zero-order valence-corrected chi connectivity index (χ0v) is 15.6. The Hall–Kier alpha value is -1.40. The van der Waals surface area contributed by atoms with Crippen molar-refractivity contribution in [3.8, 4) is 0 Å². The number of amides is 2. The molecule has 3 heterocycles. The topological polar surface area (TPSA) is 43.9 Å². The van der Waals surface area contributed by atoms with Crippen LogP contribution < -0.4 is 0 Å². The van der Waals surface area contributed by atoms with Crippen LogP contribution >= 0.6 is 11.3 Å². The van der Waals surface area contributed by atoms with Crippen molar-refractivity contribution in [2.24, 2.45) is 11.3 Å². The van der Waals surface area contributed by atoms with Gasteiger partial charge in [0.1, 0.15) is 0 Å². The van der Waals surface area contributed by atoms with Crippen molar-refractivity contribution in [2.75, 3.05) is 39.8 Å². The highest BCUT2D eigenvalue weighted by molar-refractivity contribution is 7.07. The molecule has 3 rings (SSSR count). The highest BCUT2D eigenvalue weighted by atomic mass is 32.1. The van der Waals surface area contributed by atoms with Gasteiger partial charge in [-0.25, -0.2) is 0 Å².